The Morgan fingerprint density at radius 2 is 2.00 bits per heavy atom. The van der Waals surface area contributed by atoms with Crippen LogP contribution in [0.15, 0.2) is 12.4 Å². The lowest BCUT2D eigenvalue weighted by atomic mass is 10.0. The number of imidazole rings is 1. The van der Waals surface area contributed by atoms with Gasteiger partial charge in [0, 0.05) is 24.4 Å². The van der Waals surface area contributed by atoms with Crippen molar-refractivity contribution in [3.05, 3.63) is 18.2 Å². The van der Waals surface area contributed by atoms with Gasteiger partial charge in [-0.3, -0.25) is 0 Å². The van der Waals surface area contributed by atoms with Crippen LogP contribution >= 0.6 is 0 Å². The molecule has 0 radical (unpaired) electrons. The molecule has 0 unspecified atom stereocenters. The van der Waals surface area contributed by atoms with Crippen molar-refractivity contribution in [2.24, 2.45) is 5.73 Å². The first kappa shape index (κ1) is 12.2. The number of nitrogens with zero attached hydrogens (tertiary/aromatic N) is 1. The first-order valence-electron chi connectivity index (χ1n) is 4.76. The van der Waals surface area contributed by atoms with Crippen molar-refractivity contribution >= 4 is 0 Å². The summed E-state index contributed by atoms with van der Waals surface area (Å²) in [6.45, 7) is 8.21. The van der Waals surface area contributed by atoms with Gasteiger partial charge in [0.05, 0.1) is 0 Å². The van der Waals surface area contributed by atoms with Crippen LogP contribution in [0.4, 0.5) is 0 Å². The van der Waals surface area contributed by atoms with E-state index in [1.807, 2.05) is 13.8 Å². The number of H-pyrrole nitrogens is 1. The Bertz CT molecular complexity index is 196. The van der Waals surface area contributed by atoms with E-state index in [4.69, 9.17) is 5.73 Å². The van der Waals surface area contributed by atoms with Gasteiger partial charge < -0.3 is 10.7 Å². The maximum absolute atomic E-state index is 5.77. The van der Waals surface area contributed by atoms with E-state index >= 15 is 0 Å². The molecule has 0 aliphatic rings. The molecule has 13 heavy (non-hydrogen) atoms. The van der Waals surface area contributed by atoms with E-state index in [1.54, 1.807) is 12.4 Å². The molecule has 1 aromatic heterocycles. The first-order chi connectivity index (χ1) is 5.99. The van der Waals surface area contributed by atoms with Gasteiger partial charge >= 0.3 is 0 Å². The Hall–Kier alpha value is -0.830. The van der Waals surface area contributed by atoms with Crippen LogP contribution in [0.2, 0.25) is 0 Å². The second-order valence-electron chi connectivity index (χ2n) is 3.91. The largest absolute Gasteiger partial charge is 0.349 e. The zero-order valence-electron chi connectivity index (χ0n) is 9.09. The topological polar surface area (TPSA) is 54.7 Å². The van der Waals surface area contributed by atoms with Gasteiger partial charge in [-0.2, -0.15) is 0 Å². The highest BCUT2D eigenvalue weighted by Crippen LogP contribution is 2.03. The fourth-order valence-corrected chi connectivity index (χ4v) is 0.826. The molecule has 0 saturated heterocycles. The standard InChI is InChI=1S/C7H13N3.C3H8/c1-7(2,8)5-6-9-3-4-10-6;1-3-2/h3-4H,5,8H2,1-2H3,(H,9,10);3H2,1-2H3. The molecule has 0 bridgehead atoms. The molecular weight excluding hydrogens is 162 g/mol. The second kappa shape index (κ2) is 5.75. The number of rotatable bonds is 2. The fourth-order valence-electron chi connectivity index (χ4n) is 0.826. The van der Waals surface area contributed by atoms with Gasteiger partial charge in [-0.25, -0.2) is 4.98 Å². The van der Waals surface area contributed by atoms with E-state index in [0.717, 1.165) is 12.2 Å². The van der Waals surface area contributed by atoms with E-state index in [9.17, 15) is 0 Å². The van der Waals surface area contributed by atoms with Crippen LogP contribution in [-0.4, -0.2) is 15.5 Å². The molecule has 0 fully saturated rings. The highest BCUT2D eigenvalue weighted by molar-refractivity contribution is 4.93. The maximum atomic E-state index is 5.77. The number of nitrogens with one attached hydrogen (secondary N) is 1. The van der Waals surface area contributed by atoms with E-state index in [2.05, 4.69) is 23.8 Å². The zero-order chi connectivity index (χ0) is 10.3. The average Bonchev–Trinajstić information content (AvgIpc) is 2.37. The highest BCUT2D eigenvalue weighted by atomic mass is 14.9. The minimum absolute atomic E-state index is 0.169. The van der Waals surface area contributed by atoms with Crippen molar-refractivity contribution < 1.29 is 0 Å². The number of hydrogen-bond donors (Lipinski definition) is 2. The normalized spacial score (nSPS) is 10.5. The molecule has 0 saturated carbocycles. The summed E-state index contributed by atoms with van der Waals surface area (Å²) in [6.07, 6.45) is 5.59. The maximum Gasteiger partial charge on any atom is 0.107 e. The molecule has 76 valence electrons. The SMILES string of the molecule is CC(C)(N)Cc1ncc[nH]1.CCC. The van der Waals surface area contributed by atoms with Gasteiger partial charge in [-0.1, -0.05) is 20.3 Å². The summed E-state index contributed by atoms with van der Waals surface area (Å²) in [5.74, 6) is 0.951. The zero-order valence-corrected chi connectivity index (χ0v) is 9.09. The summed E-state index contributed by atoms with van der Waals surface area (Å²) in [4.78, 5) is 7.07. The minimum Gasteiger partial charge on any atom is -0.349 e. The third kappa shape index (κ3) is 7.53. The quantitative estimate of drug-likeness (QED) is 0.737. The van der Waals surface area contributed by atoms with Gasteiger partial charge in [0.2, 0.25) is 0 Å². The van der Waals surface area contributed by atoms with Crippen molar-refractivity contribution in [1.82, 2.24) is 9.97 Å². The van der Waals surface area contributed by atoms with Gasteiger partial charge in [0.1, 0.15) is 5.82 Å². The summed E-state index contributed by atoms with van der Waals surface area (Å²) in [6, 6.07) is 0. The number of aromatic amines is 1. The Labute approximate surface area is 80.8 Å². The van der Waals surface area contributed by atoms with E-state index in [1.165, 1.54) is 6.42 Å². The van der Waals surface area contributed by atoms with Gasteiger partial charge in [0.15, 0.2) is 0 Å². The molecular formula is C10H21N3. The van der Waals surface area contributed by atoms with Crippen LogP contribution in [-0.2, 0) is 6.42 Å². The lowest BCUT2D eigenvalue weighted by Crippen LogP contribution is -2.34. The third-order valence-corrected chi connectivity index (χ3v) is 1.18. The molecule has 1 rings (SSSR count). The fraction of sp³-hybridized carbons (Fsp3) is 0.700. The molecule has 0 aromatic carbocycles. The van der Waals surface area contributed by atoms with Crippen molar-refractivity contribution in [1.29, 1.82) is 0 Å². The van der Waals surface area contributed by atoms with E-state index in [0.29, 0.717) is 0 Å². The molecule has 3 nitrogen and oxygen atoms in total. The van der Waals surface area contributed by atoms with E-state index in [-0.39, 0.29) is 5.54 Å². The van der Waals surface area contributed by atoms with Crippen LogP contribution in [0.25, 0.3) is 0 Å². The van der Waals surface area contributed by atoms with Crippen LogP contribution in [0, 0.1) is 0 Å². The Morgan fingerprint density at radius 3 is 2.31 bits per heavy atom. The second-order valence-corrected chi connectivity index (χ2v) is 3.91. The molecule has 3 heteroatoms. The van der Waals surface area contributed by atoms with Gasteiger partial charge in [-0.05, 0) is 13.8 Å². The number of aromatic nitrogens is 2. The van der Waals surface area contributed by atoms with Crippen LogP contribution < -0.4 is 5.73 Å². The molecule has 3 N–H and O–H groups in total. The van der Waals surface area contributed by atoms with Crippen molar-refractivity contribution in [3.63, 3.8) is 0 Å². The molecule has 0 amide bonds. The summed E-state index contributed by atoms with van der Waals surface area (Å²) in [5.41, 5.74) is 5.60. The van der Waals surface area contributed by atoms with Crippen molar-refractivity contribution in [2.45, 2.75) is 46.1 Å². The molecule has 0 atom stereocenters. The smallest absolute Gasteiger partial charge is 0.107 e. The summed E-state index contributed by atoms with van der Waals surface area (Å²) < 4.78 is 0. The Balaban J connectivity index is 0.000000424. The summed E-state index contributed by atoms with van der Waals surface area (Å²) in [7, 11) is 0. The summed E-state index contributed by atoms with van der Waals surface area (Å²) in [5, 5.41) is 0. The molecule has 0 aliphatic heterocycles. The monoisotopic (exact) mass is 183 g/mol. The molecule has 0 aliphatic carbocycles. The minimum atomic E-state index is -0.169. The van der Waals surface area contributed by atoms with Crippen LogP contribution in [0.3, 0.4) is 0 Å². The lowest BCUT2D eigenvalue weighted by molar-refractivity contribution is 0.504. The Morgan fingerprint density at radius 1 is 1.46 bits per heavy atom. The van der Waals surface area contributed by atoms with Crippen molar-refractivity contribution in [2.75, 3.05) is 0 Å². The van der Waals surface area contributed by atoms with Crippen LogP contribution in [0.1, 0.15) is 39.9 Å². The lowest BCUT2D eigenvalue weighted by Gasteiger charge is -2.15. The van der Waals surface area contributed by atoms with Crippen LogP contribution in [0.5, 0.6) is 0 Å². The van der Waals surface area contributed by atoms with Gasteiger partial charge in [0.25, 0.3) is 0 Å². The predicted octanol–water partition coefficient (Wildman–Crippen LogP) is 2.11. The number of nitrogens with two attached hydrogens (primary N) is 1. The Kier molecular flexibility index (Phi) is 5.39. The molecule has 0 spiro atoms. The molecule has 1 heterocycles. The third-order valence-electron chi connectivity index (χ3n) is 1.18. The number of hydrogen-bond acceptors (Lipinski definition) is 2. The predicted molar refractivity (Wildman–Crippen MR) is 56.5 cm³/mol. The van der Waals surface area contributed by atoms with Crippen molar-refractivity contribution in [3.8, 4) is 0 Å². The average molecular weight is 183 g/mol. The highest BCUT2D eigenvalue weighted by Gasteiger charge is 2.12. The van der Waals surface area contributed by atoms with Gasteiger partial charge in [-0.15, -0.1) is 0 Å². The summed E-state index contributed by atoms with van der Waals surface area (Å²) >= 11 is 0. The first-order valence-corrected chi connectivity index (χ1v) is 4.76. The van der Waals surface area contributed by atoms with E-state index < -0.39 is 0 Å². The molecule has 1 aromatic rings.